The zero-order valence-electron chi connectivity index (χ0n) is 26.9. The normalized spacial score (nSPS) is 24.2. The molecule has 3 aromatic carbocycles. The largest absolute Gasteiger partial charge is 0.691 e. The van der Waals surface area contributed by atoms with Crippen LogP contribution in [0, 0.1) is 23.2 Å². The number of halogens is 5. The summed E-state index contributed by atoms with van der Waals surface area (Å²) in [4.78, 5) is 16.6. The predicted molar refractivity (Wildman–Crippen MR) is 171 cm³/mol. The van der Waals surface area contributed by atoms with Crippen molar-refractivity contribution in [1.29, 1.82) is 0 Å². The van der Waals surface area contributed by atoms with Crippen LogP contribution in [0.4, 0.5) is 22.0 Å². The highest BCUT2D eigenvalue weighted by Gasteiger charge is 2.63. The molecule has 0 saturated heterocycles. The van der Waals surface area contributed by atoms with E-state index >= 15 is 0 Å². The molecule has 0 N–H and O–H groups in total. The lowest BCUT2D eigenvalue weighted by Gasteiger charge is -2.55. The van der Waals surface area contributed by atoms with Crippen LogP contribution in [-0.4, -0.2) is 23.5 Å². The van der Waals surface area contributed by atoms with Gasteiger partial charge in [0.25, 0.3) is 6.10 Å². The summed E-state index contributed by atoms with van der Waals surface area (Å²) in [6.45, 7) is 6.78. The van der Waals surface area contributed by atoms with E-state index in [0.717, 1.165) is 19.3 Å². The second kappa shape index (κ2) is 14.7. The number of esters is 1. The molecule has 4 aliphatic rings. The SMILES string of the molecule is CC(C)(C)c1ccc([S+](c2ccccc2)c2ccccc2)cc1.O=C(OC(C(F)(F)F)C(F)(F)SOO[O-])C12CC3CC(CC(C3)C1)C2. The lowest BCUT2D eigenvalue weighted by molar-refractivity contribution is -0.777. The van der Waals surface area contributed by atoms with Gasteiger partial charge in [-0.1, -0.05) is 69.3 Å². The molecule has 0 heterocycles. The number of carbonyl (C=O) groups is 1. The molecule has 0 amide bonds. The van der Waals surface area contributed by atoms with Crippen LogP contribution in [0.2, 0.25) is 0 Å². The van der Waals surface area contributed by atoms with Crippen LogP contribution in [-0.2, 0) is 35.2 Å². The predicted octanol–water partition coefficient (Wildman–Crippen LogP) is 9.22. The Labute approximate surface area is 285 Å². The summed E-state index contributed by atoms with van der Waals surface area (Å²) in [6.07, 6.45) is -5.34. The van der Waals surface area contributed by atoms with Crippen LogP contribution in [0.25, 0.3) is 0 Å². The van der Waals surface area contributed by atoms with E-state index in [9.17, 15) is 32.0 Å². The van der Waals surface area contributed by atoms with E-state index < -0.39 is 41.0 Å². The van der Waals surface area contributed by atoms with Gasteiger partial charge in [0.05, 0.1) is 16.3 Å². The summed E-state index contributed by atoms with van der Waals surface area (Å²) in [5.74, 6) is -0.544. The highest BCUT2D eigenvalue weighted by atomic mass is 32.2. The fraction of sp³-hybridized carbons (Fsp3) is 0.472. The highest BCUT2D eigenvalue weighted by Crippen LogP contribution is 2.61. The molecule has 4 aliphatic carbocycles. The van der Waals surface area contributed by atoms with E-state index in [2.05, 4.69) is 120 Å². The van der Waals surface area contributed by atoms with Gasteiger partial charge < -0.3 is 9.99 Å². The second-order valence-electron chi connectivity index (χ2n) is 14.0. The molecule has 5 nitrogen and oxygen atoms in total. The molecule has 12 heteroatoms. The maximum absolute atomic E-state index is 13.7. The zero-order chi connectivity index (χ0) is 34.7. The lowest BCUT2D eigenvalue weighted by Crippen LogP contribution is -2.54. The van der Waals surface area contributed by atoms with Crippen molar-refractivity contribution < 1.29 is 46.1 Å². The van der Waals surface area contributed by atoms with E-state index in [1.165, 1.54) is 20.2 Å². The van der Waals surface area contributed by atoms with Crippen molar-refractivity contribution in [3.05, 3.63) is 90.5 Å². The monoisotopic (exact) mass is 710 g/mol. The van der Waals surface area contributed by atoms with Crippen molar-refractivity contribution in [3.63, 3.8) is 0 Å². The molecule has 1 unspecified atom stereocenters. The first-order valence-electron chi connectivity index (χ1n) is 15.9. The Kier molecular flexibility index (Phi) is 11.2. The van der Waals surface area contributed by atoms with Crippen LogP contribution in [0.3, 0.4) is 0 Å². The second-order valence-corrected chi connectivity index (χ2v) is 16.9. The third kappa shape index (κ3) is 8.56. The molecule has 4 fully saturated rings. The van der Waals surface area contributed by atoms with Gasteiger partial charge in [0.15, 0.2) is 14.7 Å². The van der Waals surface area contributed by atoms with Crippen LogP contribution < -0.4 is 5.26 Å². The number of carbonyl (C=O) groups excluding carboxylic acids is 1. The number of benzene rings is 3. The van der Waals surface area contributed by atoms with Crippen molar-refractivity contribution in [2.24, 2.45) is 23.2 Å². The Morgan fingerprint density at radius 1 is 0.771 bits per heavy atom. The van der Waals surface area contributed by atoms with E-state index in [-0.39, 0.29) is 34.1 Å². The minimum absolute atomic E-state index is 0.0497. The molecule has 260 valence electrons. The molecule has 0 radical (unpaired) electrons. The highest BCUT2D eigenvalue weighted by molar-refractivity contribution is 7.97. The fourth-order valence-electron chi connectivity index (χ4n) is 7.63. The maximum Gasteiger partial charge on any atom is 0.432 e. The van der Waals surface area contributed by atoms with E-state index in [0.29, 0.717) is 19.3 Å². The number of rotatable bonds is 9. The van der Waals surface area contributed by atoms with Gasteiger partial charge in [0, 0.05) is 0 Å². The van der Waals surface area contributed by atoms with Gasteiger partial charge in [-0.15, -0.1) is 0 Å². The van der Waals surface area contributed by atoms with Crippen LogP contribution in [0.15, 0.2) is 99.6 Å². The minimum Gasteiger partial charge on any atom is -0.691 e. The Bertz CT molecular complexity index is 1420. The number of hydrogen-bond acceptors (Lipinski definition) is 6. The molecule has 7 rings (SSSR count). The van der Waals surface area contributed by atoms with Gasteiger partial charge in [-0.25, -0.2) is 0 Å². The summed E-state index contributed by atoms with van der Waals surface area (Å²) in [5, 5.41) is 7.58. The standard InChI is InChI=1S/C22H23S.C14H17F5O5S/c1-22(2,3)18-14-16-21(17-15-18)23(19-10-6-4-7-11-19)20-12-8-5-9-13-20;15-13(16,17)10(14(18,19)25-24-23-21)22-11(20)12-4-7-1-8(5-12)3-9(2-7)6-12/h4-17H,1-3H3;7-10,21H,1-6H2/q+1;/p-1. The quantitative estimate of drug-likeness (QED) is 0.0551. The lowest BCUT2D eigenvalue weighted by atomic mass is 9.49. The van der Waals surface area contributed by atoms with Crippen LogP contribution in [0.5, 0.6) is 0 Å². The molecular formula is C36H39F5O5S2. The van der Waals surface area contributed by atoms with E-state index in [1.807, 2.05) is 0 Å². The number of hydrogen-bond donors (Lipinski definition) is 0. The van der Waals surface area contributed by atoms with Crippen LogP contribution >= 0.6 is 12.0 Å². The third-order valence-electron chi connectivity index (χ3n) is 9.39. The average Bonchev–Trinajstić information content (AvgIpc) is 3.03. The smallest absolute Gasteiger partial charge is 0.432 e. The summed E-state index contributed by atoms with van der Waals surface area (Å²) in [6, 6.07) is 30.7. The Hall–Kier alpha value is -2.64. The third-order valence-corrected chi connectivity index (χ3v) is 12.2. The first-order chi connectivity index (χ1) is 22.6. The molecule has 4 bridgehead atoms. The topological polar surface area (TPSA) is 67.8 Å². The van der Waals surface area contributed by atoms with Gasteiger partial charge >= 0.3 is 17.4 Å². The zero-order valence-corrected chi connectivity index (χ0v) is 28.5. The summed E-state index contributed by atoms with van der Waals surface area (Å²) in [5.41, 5.74) is 0.455. The minimum atomic E-state index is -5.53. The molecular weight excluding hydrogens is 672 g/mol. The summed E-state index contributed by atoms with van der Waals surface area (Å²) in [7, 11) is -0.0497. The molecule has 0 aromatic heterocycles. The van der Waals surface area contributed by atoms with Gasteiger partial charge in [-0.3, -0.25) is 9.83 Å². The van der Waals surface area contributed by atoms with Gasteiger partial charge in [0.1, 0.15) is 12.0 Å². The number of alkyl halides is 5. The van der Waals surface area contributed by atoms with Gasteiger partial charge in [0.2, 0.25) is 0 Å². The Balaban J connectivity index is 0.000000188. The maximum atomic E-state index is 13.7. The average molecular weight is 711 g/mol. The summed E-state index contributed by atoms with van der Waals surface area (Å²) >= 11 is -1.13. The molecule has 0 aliphatic heterocycles. The summed E-state index contributed by atoms with van der Waals surface area (Å²) < 4.78 is 74.2. The van der Waals surface area contributed by atoms with Crippen molar-refractivity contribution in [1.82, 2.24) is 0 Å². The van der Waals surface area contributed by atoms with Crippen molar-refractivity contribution >= 4 is 28.9 Å². The van der Waals surface area contributed by atoms with Gasteiger partial charge in [-0.05, 0) is 104 Å². The number of ether oxygens (including phenoxy) is 1. The molecule has 3 aromatic rings. The molecule has 1 atom stereocenters. The molecule has 0 spiro atoms. The first kappa shape index (κ1) is 36.6. The first-order valence-corrected chi connectivity index (χ1v) is 17.8. The van der Waals surface area contributed by atoms with Crippen molar-refractivity contribution in [3.8, 4) is 0 Å². The van der Waals surface area contributed by atoms with Crippen LogP contribution in [0.1, 0.15) is 64.9 Å². The Morgan fingerprint density at radius 3 is 1.60 bits per heavy atom. The van der Waals surface area contributed by atoms with Crippen molar-refractivity contribution in [2.75, 3.05) is 0 Å². The Morgan fingerprint density at radius 2 is 1.21 bits per heavy atom. The fourth-order valence-corrected chi connectivity index (χ4v) is 10.1. The van der Waals surface area contributed by atoms with Gasteiger partial charge in [-0.2, -0.15) is 26.3 Å². The molecule has 4 saturated carbocycles. The van der Waals surface area contributed by atoms with E-state index in [1.54, 1.807) is 0 Å². The van der Waals surface area contributed by atoms with Crippen molar-refractivity contribution in [2.45, 2.75) is 96.9 Å². The molecule has 48 heavy (non-hydrogen) atoms. The van der Waals surface area contributed by atoms with E-state index in [4.69, 9.17) is 0 Å².